The Labute approximate surface area is 95.4 Å². The molecule has 0 saturated carbocycles. The lowest BCUT2D eigenvalue weighted by atomic mass is 10.00. The van der Waals surface area contributed by atoms with Crippen LogP contribution in [0.2, 0.25) is 0 Å². The summed E-state index contributed by atoms with van der Waals surface area (Å²) in [5, 5.41) is 0. The van der Waals surface area contributed by atoms with Crippen molar-refractivity contribution in [1.29, 1.82) is 0 Å². The van der Waals surface area contributed by atoms with Crippen molar-refractivity contribution in [1.82, 2.24) is 5.48 Å². The Kier molecular flexibility index (Phi) is 4.56. The van der Waals surface area contributed by atoms with E-state index in [1.54, 1.807) is 0 Å². The van der Waals surface area contributed by atoms with Gasteiger partial charge in [0.1, 0.15) is 0 Å². The van der Waals surface area contributed by atoms with E-state index in [1.807, 2.05) is 0 Å². The topological polar surface area (TPSA) is 56.8 Å². The lowest BCUT2D eigenvalue weighted by Crippen LogP contribution is -2.38. The van der Waals surface area contributed by atoms with Gasteiger partial charge in [-0.3, -0.25) is 4.79 Å². The van der Waals surface area contributed by atoms with E-state index in [2.05, 4.69) is 5.48 Å². The number of carbonyl (C=O) groups is 1. The molecule has 5 nitrogen and oxygen atoms in total. The van der Waals surface area contributed by atoms with Crippen LogP contribution in [0.1, 0.15) is 32.1 Å². The first-order valence-corrected chi connectivity index (χ1v) is 6.01. The lowest BCUT2D eigenvalue weighted by molar-refractivity contribution is -0.203. The van der Waals surface area contributed by atoms with E-state index >= 15 is 0 Å². The number of hydrogen-bond donors (Lipinski definition) is 1. The van der Waals surface area contributed by atoms with Crippen LogP contribution in [0.3, 0.4) is 0 Å². The largest absolute Gasteiger partial charge is 0.381 e. The zero-order valence-electron chi connectivity index (χ0n) is 9.44. The molecule has 1 atom stereocenters. The number of hydrogen-bond acceptors (Lipinski definition) is 4. The molecule has 2 heterocycles. The minimum absolute atomic E-state index is 0.0253. The molecule has 1 unspecified atom stereocenters. The number of nitrogens with one attached hydrogen (secondary N) is 1. The molecule has 2 aliphatic rings. The Morgan fingerprint density at radius 3 is 2.62 bits per heavy atom. The summed E-state index contributed by atoms with van der Waals surface area (Å²) in [5.74, 6) is -0.0187. The first kappa shape index (κ1) is 11.8. The van der Waals surface area contributed by atoms with Crippen molar-refractivity contribution in [3.8, 4) is 0 Å². The normalized spacial score (nSPS) is 27.6. The third kappa shape index (κ3) is 3.43. The summed E-state index contributed by atoms with van der Waals surface area (Å²) in [6.07, 6.45) is 4.32. The van der Waals surface area contributed by atoms with Crippen molar-refractivity contribution >= 4 is 5.91 Å². The van der Waals surface area contributed by atoms with Gasteiger partial charge in [-0.15, -0.1) is 0 Å². The minimum atomic E-state index is -0.266. The van der Waals surface area contributed by atoms with Gasteiger partial charge in [-0.25, -0.2) is 10.3 Å². The molecule has 2 saturated heterocycles. The van der Waals surface area contributed by atoms with E-state index in [0.717, 1.165) is 38.7 Å². The molecule has 1 amide bonds. The van der Waals surface area contributed by atoms with Crippen molar-refractivity contribution in [2.75, 3.05) is 19.8 Å². The summed E-state index contributed by atoms with van der Waals surface area (Å²) >= 11 is 0. The Morgan fingerprint density at radius 2 is 1.94 bits per heavy atom. The monoisotopic (exact) mass is 229 g/mol. The van der Waals surface area contributed by atoms with Crippen LogP contribution in [-0.4, -0.2) is 32.0 Å². The molecule has 16 heavy (non-hydrogen) atoms. The Balaban J connectivity index is 1.65. The second kappa shape index (κ2) is 6.18. The molecule has 0 radical (unpaired) electrons. The van der Waals surface area contributed by atoms with Crippen molar-refractivity contribution in [2.24, 2.45) is 5.92 Å². The van der Waals surface area contributed by atoms with Crippen LogP contribution in [0.15, 0.2) is 0 Å². The van der Waals surface area contributed by atoms with E-state index in [4.69, 9.17) is 14.3 Å². The molecular weight excluding hydrogens is 210 g/mol. The van der Waals surface area contributed by atoms with Crippen LogP contribution >= 0.6 is 0 Å². The standard InChI is InChI=1S/C11H19NO4/c13-11(9-4-7-14-8-5-9)12-16-10-3-1-2-6-15-10/h9-10H,1-8H2,(H,12,13). The van der Waals surface area contributed by atoms with Gasteiger partial charge in [-0.05, 0) is 25.7 Å². The summed E-state index contributed by atoms with van der Waals surface area (Å²) in [6, 6.07) is 0. The summed E-state index contributed by atoms with van der Waals surface area (Å²) in [7, 11) is 0. The summed E-state index contributed by atoms with van der Waals surface area (Å²) < 4.78 is 10.6. The number of rotatable bonds is 3. The molecule has 0 spiro atoms. The number of ether oxygens (including phenoxy) is 2. The molecule has 2 fully saturated rings. The fourth-order valence-electron chi connectivity index (χ4n) is 1.97. The van der Waals surface area contributed by atoms with E-state index in [1.165, 1.54) is 0 Å². The second-order valence-corrected chi connectivity index (χ2v) is 4.27. The smallest absolute Gasteiger partial charge is 0.246 e. The lowest BCUT2D eigenvalue weighted by Gasteiger charge is -2.25. The molecule has 0 bridgehead atoms. The van der Waals surface area contributed by atoms with Gasteiger partial charge in [0.2, 0.25) is 5.91 Å². The highest BCUT2D eigenvalue weighted by Gasteiger charge is 2.23. The zero-order chi connectivity index (χ0) is 11.2. The molecule has 2 aliphatic heterocycles. The molecule has 0 aromatic heterocycles. The van der Waals surface area contributed by atoms with E-state index in [-0.39, 0.29) is 18.1 Å². The first-order valence-electron chi connectivity index (χ1n) is 6.01. The highest BCUT2D eigenvalue weighted by Crippen LogP contribution is 2.16. The van der Waals surface area contributed by atoms with Crippen LogP contribution in [0, 0.1) is 5.92 Å². The molecule has 2 rings (SSSR count). The maximum absolute atomic E-state index is 11.7. The van der Waals surface area contributed by atoms with Crippen molar-refractivity contribution in [3.63, 3.8) is 0 Å². The van der Waals surface area contributed by atoms with Gasteiger partial charge >= 0.3 is 0 Å². The zero-order valence-corrected chi connectivity index (χ0v) is 9.44. The average molecular weight is 229 g/mol. The molecule has 92 valence electrons. The van der Waals surface area contributed by atoms with Crippen molar-refractivity contribution in [3.05, 3.63) is 0 Å². The number of hydroxylamine groups is 1. The van der Waals surface area contributed by atoms with Crippen molar-refractivity contribution in [2.45, 2.75) is 38.4 Å². The fourth-order valence-corrected chi connectivity index (χ4v) is 1.97. The molecule has 0 aromatic carbocycles. The summed E-state index contributed by atoms with van der Waals surface area (Å²) in [4.78, 5) is 16.9. The Hall–Kier alpha value is -0.650. The molecule has 5 heteroatoms. The molecular formula is C11H19NO4. The summed E-state index contributed by atoms with van der Waals surface area (Å²) in [5.41, 5.74) is 2.50. The van der Waals surface area contributed by atoms with Crippen LogP contribution in [0.4, 0.5) is 0 Å². The third-order valence-electron chi connectivity index (χ3n) is 3.02. The highest BCUT2D eigenvalue weighted by atomic mass is 16.8. The van der Waals surface area contributed by atoms with Gasteiger partial charge in [-0.2, -0.15) is 0 Å². The number of amides is 1. The Morgan fingerprint density at radius 1 is 1.12 bits per heavy atom. The van der Waals surface area contributed by atoms with E-state index in [0.29, 0.717) is 13.2 Å². The fraction of sp³-hybridized carbons (Fsp3) is 0.909. The van der Waals surface area contributed by atoms with Gasteiger partial charge < -0.3 is 9.47 Å². The van der Waals surface area contributed by atoms with Crippen LogP contribution in [0.25, 0.3) is 0 Å². The third-order valence-corrected chi connectivity index (χ3v) is 3.02. The van der Waals surface area contributed by atoms with Crippen molar-refractivity contribution < 1.29 is 19.1 Å². The second-order valence-electron chi connectivity index (χ2n) is 4.27. The van der Waals surface area contributed by atoms with Crippen LogP contribution < -0.4 is 5.48 Å². The number of carbonyl (C=O) groups excluding carboxylic acids is 1. The molecule has 1 N–H and O–H groups in total. The van der Waals surface area contributed by atoms with Gasteiger partial charge in [0.05, 0.1) is 0 Å². The molecule has 0 aromatic rings. The Bertz CT molecular complexity index is 222. The minimum Gasteiger partial charge on any atom is -0.381 e. The van der Waals surface area contributed by atoms with Crippen LogP contribution in [-0.2, 0) is 19.1 Å². The highest BCUT2D eigenvalue weighted by molar-refractivity contribution is 5.77. The van der Waals surface area contributed by atoms with Gasteiger partial charge in [0, 0.05) is 32.2 Å². The van der Waals surface area contributed by atoms with Gasteiger partial charge in [-0.1, -0.05) is 0 Å². The quantitative estimate of drug-likeness (QED) is 0.733. The van der Waals surface area contributed by atoms with Gasteiger partial charge in [0.25, 0.3) is 0 Å². The summed E-state index contributed by atoms with van der Waals surface area (Å²) in [6.45, 7) is 2.05. The maximum Gasteiger partial charge on any atom is 0.246 e. The molecule has 0 aliphatic carbocycles. The maximum atomic E-state index is 11.7. The average Bonchev–Trinajstić information content (AvgIpc) is 2.38. The SMILES string of the molecule is O=C(NOC1CCCCO1)C1CCOCC1. The first-order chi connectivity index (χ1) is 7.86. The predicted molar refractivity (Wildman–Crippen MR) is 56.4 cm³/mol. The van der Waals surface area contributed by atoms with E-state index < -0.39 is 0 Å². The predicted octanol–water partition coefficient (Wildman–Crippen LogP) is 0.987. The van der Waals surface area contributed by atoms with Crippen LogP contribution in [0.5, 0.6) is 0 Å². The van der Waals surface area contributed by atoms with Gasteiger partial charge in [0.15, 0.2) is 6.29 Å². The van der Waals surface area contributed by atoms with E-state index in [9.17, 15) is 4.79 Å².